The molecule has 0 aromatic carbocycles. The van der Waals surface area contributed by atoms with Crippen LogP contribution in [0.15, 0.2) is 17.2 Å². The Morgan fingerprint density at radius 2 is 2.14 bits per heavy atom. The van der Waals surface area contributed by atoms with Crippen LogP contribution in [0.25, 0.3) is 0 Å². The zero-order valence-electron chi connectivity index (χ0n) is 12.8. The highest BCUT2D eigenvalue weighted by Gasteiger charge is 2.18. The Bertz CT molecular complexity index is 488. The van der Waals surface area contributed by atoms with Crippen LogP contribution in [0, 0.1) is 13.8 Å². The van der Waals surface area contributed by atoms with Gasteiger partial charge in [-0.1, -0.05) is 11.2 Å². The Kier molecular flexibility index (Phi) is 6.65. The Balaban J connectivity index is 2.60. The molecule has 1 aromatic heterocycles. The SMILES string of the molecule is C=CCN(CC(=O)OCC)C(=O)CCc1c(C)noc1C. The van der Waals surface area contributed by atoms with Crippen molar-refractivity contribution in [3.63, 3.8) is 0 Å². The maximum absolute atomic E-state index is 12.2. The summed E-state index contributed by atoms with van der Waals surface area (Å²) in [6.45, 7) is 9.56. The molecule has 1 rings (SSSR count). The molecule has 1 heterocycles. The molecule has 0 spiro atoms. The minimum Gasteiger partial charge on any atom is -0.465 e. The second-order valence-electron chi connectivity index (χ2n) is 4.67. The van der Waals surface area contributed by atoms with Crippen molar-refractivity contribution in [1.82, 2.24) is 10.1 Å². The van der Waals surface area contributed by atoms with Gasteiger partial charge in [0.1, 0.15) is 12.3 Å². The maximum Gasteiger partial charge on any atom is 0.325 e. The summed E-state index contributed by atoms with van der Waals surface area (Å²) in [4.78, 5) is 25.1. The van der Waals surface area contributed by atoms with E-state index in [0.29, 0.717) is 19.6 Å². The van der Waals surface area contributed by atoms with Crippen LogP contribution in [0.2, 0.25) is 0 Å². The lowest BCUT2D eigenvalue weighted by atomic mass is 10.1. The van der Waals surface area contributed by atoms with Crippen LogP contribution in [0.3, 0.4) is 0 Å². The highest BCUT2D eigenvalue weighted by atomic mass is 16.5. The van der Waals surface area contributed by atoms with Crippen LogP contribution in [-0.4, -0.2) is 41.6 Å². The van der Waals surface area contributed by atoms with E-state index < -0.39 is 5.97 Å². The number of hydrogen-bond donors (Lipinski definition) is 0. The Hall–Kier alpha value is -2.11. The van der Waals surface area contributed by atoms with Crippen LogP contribution >= 0.6 is 0 Å². The lowest BCUT2D eigenvalue weighted by molar-refractivity contribution is -0.148. The summed E-state index contributed by atoms with van der Waals surface area (Å²) in [5.74, 6) is 0.189. The highest BCUT2D eigenvalue weighted by Crippen LogP contribution is 2.15. The van der Waals surface area contributed by atoms with Crippen LogP contribution < -0.4 is 0 Å². The van der Waals surface area contributed by atoms with Crippen molar-refractivity contribution in [2.45, 2.75) is 33.6 Å². The van der Waals surface area contributed by atoms with Crippen molar-refractivity contribution < 1.29 is 18.8 Å². The van der Waals surface area contributed by atoms with E-state index in [2.05, 4.69) is 11.7 Å². The molecular weight excluding hydrogens is 272 g/mol. The first-order chi connectivity index (χ1) is 9.99. The Morgan fingerprint density at radius 3 is 2.67 bits per heavy atom. The summed E-state index contributed by atoms with van der Waals surface area (Å²) < 4.78 is 9.93. The molecule has 0 N–H and O–H groups in total. The molecule has 0 atom stereocenters. The van der Waals surface area contributed by atoms with Gasteiger partial charge in [-0.15, -0.1) is 6.58 Å². The topological polar surface area (TPSA) is 72.6 Å². The summed E-state index contributed by atoms with van der Waals surface area (Å²) in [6, 6.07) is 0. The van der Waals surface area contributed by atoms with Crippen molar-refractivity contribution >= 4 is 11.9 Å². The van der Waals surface area contributed by atoms with Crippen LogP contribution in [-0.2, 0) is 20.7 Å². The fraction of sp³-hybridized carbons (Fsp3) is 0.533. The predicted molar refractivity (Wildman–Crippen MR) is 77.7 cm³/mol. The van der Waals surface area contributed by atoms with Crippen LogP contribution in [0.1, 0.15) is 30.4 Å². The molecule has 0 radical (unpaired) electrons. The zero-order chi connectivity index (χ0) is 15.8. The Morgan fingerprint density at radius 1 is 1.43 bits per heavy atom. The van der Waals surface area contributed by atoms with Crippen LogP contribution in [0.5, 0.6) is 0 Å². The number of carbonyl (C=O) groups is 2. The van der Waals surface area contributed by atoms with E-state index in [9.17, 15) is 9.59 Å². The molecule has 0 saturated heterocycles. The largest absolute Gasteiger partial charge is 0.465 e. The van der Waals surface area contributed by atoms with E-state index in [1.54, 1.807) is 13.0 Å². The van der Waals surface area contributed by atoms with Gasteiger partial charge >= 0.3 is 5.97 Å². The monoisotopic (exact) mass is 294 g/mol. The summed E-state index contributed by atoms with van der Waals surface area (Å²) in [5, 5.41) is 3.86. The third-order valence-electron chi connectivity index (χ3n) is 3.10. The van der Waals surface area contributed by atoms with Gasteiger partial charge in [-0.2, -0.15) is 0 Å². The maximum atomic E-state index is 12.2. The zero-order valence-corrected chi connectivity index (χ0v) is 12.8. The number of ether oxygens (including phenoxy) is 1. The number of esters is 1. The van der Waals surface area contributed by atoms with Gasteiger partial charge in [0.2, 0.25) is 5.91 Å². The summed E-state index contributed by atoms with van der Waals surface area (Å²) in [7, 11) is 0. The molecule has 0 unspecified atom stereocenters. The third kappa shape index (κ3) is 5.06. The summed E-state index contributed by atoms with van der Waals surface area (Å²) in [6.07, 6.45) is 2.42. The predicted octanol–water partition coefficient (Wildman–Crippen LogP) is 1.80. The molecular formula is C15H22N2O4. The molecule has 21 heavy (non-hydrogen) atoms. The van der Waals surface area contributed by atoms with E-state index in [1.165, 1.54) is 4.90 Å². The molecule has 1 amide bonds. The van der Waals surface area contributed by atoms with Gasteiger partial charge in [-0.25, -0.2) is 0 Å². The molecule has 0 aliphatic carbocycles. The first-order valence-electron chi connectivity index (χ1n) is 6.95. The second kappa shape index (κ2) is 8.24. The van der Waals surface area contributed by atoms with Gasteiger partial charge in [0.15, 0.2) is 0 Å². The normalized spacial score (nSPS) is 10.2. The first kappa shape index (κ1) is 16.9. The number of aromatic nitrogens is 1. The fourth-order valence-corrected chi connectivity index (χ4v) is 2.02. The molecule has 6 heteroatoms. The van der Waals surface area contributed by atoms with Crippen LogP contribution in [0.4, 0.5) is 0 Å². The summed E-state index contributed by atoms with van der Waals surface area (Å²) >= 11 is 0. The van der Waals surface area contributed by atoms with Crippen molar-refractivity contribution in [1.29, 1.82) is 0 Å². The smallest absolute Gasteiger partial charge is 0.325 e. The van der Waals surface area contributed by atoms with Crippen molar-refractivity contribution in [2.75, 3.05) is 19.7 Å². The molecule has 0 fully saturated rings. The molecule has 0 aliphatic rings. The minimum atomic E-state index is -0.412. The first-order valence-corrected chi connectivity index (χ1v) is 6.95. The number of amides is 1. The second-order valence-corrected chi connectivity index (χ2v) is 4.67. The quantitative estimate of drug-likeness (QED) is 0.540. The van der Waals surface area contributed by atoms with Gasteiger partial charge in [-0.05, 0) is 27.2 Å². The average molecular weight is 294 g/mol. The number of carbonyl (C=O) groups excluding carboxylic acids is 2. The molecule has 0 bridgehead atoms. The molecule has 0 saturated carbocycles. The number of hydrogen-bond acceptors (Lipinski definition) is 5. The number of rotatable bonds is 8. The van der Waals surface area contributed by atoms with E-state index >= 15 is 0 Å². The lowest BCUT2D eigenvalue weighted by Gasteiger charge is -2.20. The van der Waals surface area contributed by atoms with Gasteiger partial charge < -0.3 is 14.2 Å². The van der Waals surface area contributed by atoms with E-state index in [0.717, 1.165) is 17.0 Å². The van der Waals surface area contributed by atoms with Crippen molar-refractivity contribution in [3.05, 3.63) is 29.7 Å². The highest BCUT2D eigenvalue weighted by molar-refractivity contribution is 5.82. The fourth-order valence-electron chi connectivity index (χ4n) is 2.02. The van der Waals surface area contributed by atoms with Crippen molar-refractivity contribution in [2.24, 2.45) is 0 Å². The van der Waals surface area contributed by atoms with Gasteiger partial charge in [-0.3, -0.25) is 9.59 Å². The van der Waals surface area contributed by atoms with Gasteiger partial charge in [0.25, 0.3) is 0 Å². The van der Waals surface area contributed by atoms with Crippen molar-refractivity contribution in [3.8, 4) is 0 Å². The number of aryl methyl sites for hydroxylation is 2. The van der Waals surface area contributed by atoms with E-state index in [4.69, 9.17) is 9.26 Å². The standard InChI is InChI=1S/C15H22N2O4/c1-5-9-17(10-15(19)20-6-2)14(18)8-7-13-11(3)16-21-12(13)4/h5H,1,6-10H2,2-4H3. The molecule has 0 aliphatic heterocycles. The molecule has 116 valence electrons. The molecule has 1 aromatic rings. The molecule has 6 nitrogen and oxygen atoms in total. The number of nitrogens with zero attached hydrogens (tertiary/aromatic N) is 2. The third-order valence-corrected chi connectivity index (χ3v) is 3.10. The Labute approximate surface area is 124 Å². The average Bonchev–Trinajstić information content (AvgIpc) is 2.75. The van der Waals surface area contributed by atoms with Gasteiger partial charge in [0.05, 0.1) is 12.3 Å². The summed E-state index contributed by atoms with van der Waals surface area (Å²) in [5.41, 5.74) is 1.74. The van der Waals surface area contributed by atoms with E-state index in [-0.39, 0.29) is 18.9 Å². The minimum absolute atomic E-state index is 0.0553. The van der Waals surface area contributed by atoms with Gasteiger partial charge in [0, 0.05) is 18.5 Å². The van der Waals surface area contributed by atoms with E-state index in [1.807, 2.05) is 13.8 Å². The lowest BCUT2D eigenvalue weighted by Crippen LogP contribution is -2.36.